The molecular formula is C29H38N6O6S. The van der Waals surface area contributed by atoms with E-state index in [0.717, 1.165) is 24.3 Å². The molecule has 2 aromatic heterocycles. The Morgan fingerprint density at radius 3 is 2.79 bits per heavy atom. The zero-order chi connectivity index (χ0) is 29.7. The van der Waals surface area contributed by atoms with Crippen LogP contribution in [-0.4, -0.2) is 89.7 Å². The predicted molar refractivity (Wildman–Crippen MR) is 157 cm³/mol. The third kappa shape index (κ3) is 7.65. The van der Waals surface area contributed by atoms with Crippen LogP contribution in [0.3, 0.4) is 0 Å². The fourth-order valence-corrected chi connectivity index (χ4v) is 6.39. The van der Waals surface area contributed by atoms with Gasteiger partial charge in [0, 0.05) is 57.1 Å². The van der Waals surface area contributed by atoms with Gasteiger partial charge in [0.25, 0.3) is 5.91 Å². The van der Waals surface area contributed by atoms with Crippen LogP contribution < -0.4 is 15.4 Å². The molecule has 0 unspecified atom stereocenters. The van der Waals surface area contributed by atoms with E-state index in [-0.39, 0.29) is 18.5 Å². The molecule has 13 heteroatoms. The Hall–Kier alpha value is -3.52. The van der Waals surface area contributed by atoms with Gasteiger partial charge in [-0.1, -0.05) is 6.07 Å². The first-order valence-corrected chi connectivity index (χ1v) is 16.0. The Labute approximate surface area is 246 Å². The van der Waals surface area contributed by atoms with Crippen molar-refractivity contribution in [3.63, 3.8) is 0 Å². The van der Waals surface area contributed by atoms with Crippen LogP contribution in [0.1, 0.15) is 45.7 Å². The van der Waals surface area contributed by atoms with E-state index < -0.39 is 16.1 Å². The molecule has 3 N–H and O–H groups in total. The summed E-state index contributed by atoms with van der Waals surface area (Å²) in [5.74, 6) is 1.77. The first kappa shape index (κ1) is 30.0. The van der Waals surface area contributed by atoms with Crippen molar-refractivity contribution in [2.24, 2.45) is 0 Å². The van der Waals surface area contributed by atoms with E-state index in [0.29, 0.717) is 62.8 Å². The average Bonchev–Trinajstić information content (AvgIpc) is 3.49. The molecule has 12 nitrogen and oxygen atoms in total. The van der Waals surface area contributed by atoms with Gasteiger partial charge in [-0.05, 0) is 61.1 Å². The number of benzene rings is 1. The number of nitrogens with one attached hydrogen (secondary N) is 2. The molecule has 2 aliphatic rings. The summed E-state index contributed by atoms with van der Waals surface area (Å²) in [4.78, 5) is 23.2. The quantitative estimate of drug-likeness (QED) is 0.299. The number of piperidine rings is 1. The number of nitrogens with zero attached hydrogens (tertiary/aromatic N) is 4. The van der Waals surface area contributed by atoms with Crippen LogP contribution >= 0.6 is 0 Å². The molecular weight excluding hydrogens is 560 g/mol. The largest absolute Gasteiger partial charge is 0.485 e. The van der Waals surface area contributed by atoms with Crippen molar-refractivity contribution in [1.82, 2.24) is 24.5 Å². The third-order valence-corrected chi connectivity index (χ3v) is 9.14. The van der Waals surface area contributed by atoms with Gasteiger partial charge in [0.2, 0.25) is 10.0 Å². The van der Waals surface area contributed by atoms with Gasteiger partial charge >= 0.3 is 0 Å². The lowest BCUT2D eigenvalue weighted by molar-refractivity contribution is 0.0841. The van der Waals surface area contributed by atoms with E-state index >= 15 is 0 Å². The zero-order valence-electron chi connectivity index (χ0n) is 24.0. The van der Waals surface area contributed by atoms with Crippen molar-refractivity contribution in [1.29, 1.82) is 0 Å². The average molecular weight is 599 g/mol. The third-order valence-electron chi connectivity index (χ3n) is 7.84. The molecule has 1 fully saturated rings. The number of hydrogen-bond acceptors (Lipinski definition) is 10. The summed E-state index contributed by atoms with van der Waals surface area (Å²) in [7, 11) is -3.18. The molecule has 1 aromatic carbocycles. The first-order chi connectivity index (χ1) is 20.2. The Bertz CT molecular complexity index is 1470. The minimum absolute atomic E-state index is 0.0764. The van der Waals surface area contributed by atoms with Gasteiger partial charge in [-0.3, -0.25) is 9.69 Å². The van der Waals surface area contributed by atoms with Crippen molar-refractivity contribution in [2.45, 2.75) is 51.5 Å². The maximum absolute atomic E-state index is 12.8. The van der Waals surface area contributed by atoms with Crippen LogP contribution in [0.4, 0.5) is 5.82 Å². The van der Waals surface area contributed by atoms with E-state index in [2.05, 4.69) is 38.5 Å². The summed E-state index contributed by atoms with van der Waals surface area (Å²) >= 11 is 0. The standard InChI is InChI=1S/C29H38N6O6S/c1-20-26-8-10-34(16-22(26)3-4-27(20)40-18-25-15-30-19-41-25)17-24(36)14-32-29(37)21-5-9-31-28(13-21)33-23-6-11-35(12-7-23)42(2,38)39/h3-5,9,13,15,19,23-24,36H,6-8,10-12,14,16-18H2,1-2H3,(H,31,33)(H,32,37)/t24-/m0/s1. The fraction of sp³-hybridized carbons (Fsp3) is 0.483. The number of fused-ring (bicyclic) bond motifs is 1. The number of oxazole rings is 1. The van der Waals surface area contributed by atoms with Gasteiger partial charge in [-0.2, -0.15) is 0 Å². The highest BCUT2D eigenvalue weighted by Gasteiger charge is 2.25. The molecule has 42 heavy (non-hydrogen) atoms. The van der Waals surface area contributed by atoms with Gasteiger partial charge in [0.05, 0.1) is 18.6 Å². The predicted octanol–water partition coefficient (Wildman–Crippen LogP) is 1.94. The smallest absolute Gasteiger partial charge is 0.251 e. The van der Waals surface area contributed by atoms with E-state index in [9.17, 15) is 18.3 Å². The van der Waals surface area contributed by atoms with Crippen LogP contribution in [-0.2, 0) is 29.6 Å². The highest BCUT2D eigenvalue weighted by Crippen LogP contribution is 2.30. The van der Waals surface area contributed by atoms with Crippen molar-refractivity contribution >= 4 is 21.7 Å². The summed E-state index contributed by atoms with van der Waals surface area (Å²) in [6.45, 7) is 5.39. The minimum Gasteiger partial charge on any atom is -0.485 e. The molecule has 0 saturated carbocycles. The van der Waals surface area contributed by atoms with Gasteiger partial charge in [0.15, 0.2) is 12.2 Å². The number of amides is 1. The maximum atomic E-state index is 12.8. The second-order valence-corrected chi connectivity index (χ2v) is 12.9. The second-order valence-electron chi connectivity index (χ2n) is 10.9. The molecule has 1 amide bonds. The number of ether oxygens (including phenoxy) is 1. The number of anilines is 1. The van der Waals surface area contributed by atoms with Gasteiger partial charge in [0.1, 0.15) is 18.2 Å². The van der Waals surface area contributed by atoms with Crippen LogP contribution in [0.5, 0.6) is 5.75 Å². The Morgan fingerprint density at radius 2 is 2.05 bits per heavy atom. The van der Waals surface area contributed by atoms with Crippen molar-refractivity contribution in [2.75, 3.05) is 44.3 Å². The molecule has 226 valence electrons. The number of hydrogen-bond donors (Lipinski definition) is 3. The number of pyridine rings is 1. The number of aliphatic hydroxyl groups excluding tert-OH is 1. The topological polar surface area (TPSA) is 150 Å². The molecule has 0 spiro atoms. The summed E-state index contributed by atoms with van der Waals surface area (Å²) < 4.78 is 36.1. The lowest BCUT2D eigenvalue weighted by atomic mass is 9.94. The molecule has 2 aliphatic heterocycles. The Kier molecular flexibility index (Phi) is 9.41. The summed E-state index contributed by atoms with van der Waals surface area (Å²) in [6, 6.07) is 7.43. The van der Waals surface area contributed by atoms with E-state index in [1.165, 1.54) is 28.1 Å². The van der Waals surface area contributed by atoms with Crippen molar-refractivity contribution in [3.8, 4) is 5.75 Å². The van der Waals surface area contributed by atoms with Crippen molar-refractivity contribution in [3.05, 3.63) is 71.1 Å². The minimum atomic E-state index is -3.18. The number of β-amino-alcohol motifs (C(OH)–C–C–N with tert-alkyl or cyclic N) is 1. The molecule has 4 heterocycles. The molecule has 3 aromatic rings. The number of aromatic nitrogens is 2. The number of sulfonamides is 1. The maximum Gasteiger partial charge on any atom is 0.251 e. The van der Waals surface area contributed by atoms with Gasteiger partial charge < -0.3 is 24.9 Å². The number of rotatable bonds is 11. The summed E-state index contributed by atoms with van der Waals surface area (Å²) in [5, 5.41) is 16.8. The second kappa shape index (κ2) is 13.2. The van der Waals surface area contributed by atoms with E-state index in [1.807, 2.05) is 6.07 Å². The lowest BCUT2D eigenvalue weighted by Crippen LogP contribution is -2.42. The lowest BCUT2D eigenvalue weighted by Gasteiger charge is -2.31. The fourth-order valence-electron chi connectivity index (χ4n) is 5.52. The number of aliphatic hydroxyl groups is 1. The summed E-state index contributed by atoms with van der Waals surface area (Å²) in [6.07, 6.45) is 7.27. The molecule has 0 radical (unpaired) electrons. The van der Waals surface area contributed by atoms with Crippen LogP contribution in [0.25, 0.3) is 0 Å². The first-order valence-electron chi connectivity index (χ1n) is 14.1. The highest BCUT2D eigenvalue weighted by molar-refractivity contribution is 7.88. The van der Waals surface area contributed by atoms with Gasteiger partial charge in [-0.15, -0.1) is 0 Å². The highest BCUT2D eigenvalue weighted by atomic mass is 32.2. The molecule has 1 atom stereocenters. The molecule has 0 aliphatic carbocycles. The van der Waals surface area contributed by atoms with Crippen LogP contribution in [0, 0.1) is 6.92 Å². The van der Waals surface area contributed by atoms with E-state index in [1.54, 1.807) is 24.5 Å². The molecule has 1 saturated heterocycles. The monoisotopic (exact) mass is 598 g/mol. The van der Waals surface area contributed by atoms with Crippen LogP contribution in [0.2, 0.25) is 0 Å². The molecule has 5 rings (SSSR count). The zero-order valence-corrected chi connectivity index (χ0v) is 24.8. The Morgan fingerprint density at radius 1 is 1.24 bits per heavy atom. The Balaban J connectivity index is 1.07. The summed E-state index contributed by atoms with van der Waals surface area (Å²) in [5.41, 5.74) is 4.04. The number of carbonyl (C=O) groups excluding carboxylic acids is 1. The molecule has 0 bridgehead atoms. The normalized spacial score (nSPS) is 17.4. The van der Waals surface area contributed by atoms with Crippen molar-refractivity contribution < 1.29 is 27.5 Å². The SMILES string of the molecule is Cc1c(OCc2cnco2)ccc2c1CCN(C[C@@H](O)CNC(=O)c1ccnc(NC3CCN(S(C)(=O)=O)CC3)c1)C2. The van der Waals surface area contributed by atoms with Crippen LogP contribution in [0.15, 0.2) is 47.5 Å². The van der Waals surface area contributed by atoms with Gasteiger partial charge in [-0.25, -0.2) is 22.7 Å². The number of carbonyl (C=O) groups is 1. The van der Waals surface area contributed by atoms with E-state index in [4.69, 9.17) is 9.15 Å².